The molecule has 8 aliphatic rings. The number of rotatable bonds is 8. The second kappa shape index (κ2) is 10.4. The van der Waals surface area contributed by atoms with Crippen molar-refractivity contribution in [2.24, 2.45) is 23.7 Å². The first-order chi connectivity index (χ1) is 20.9. The van der Waals surface area contributed by atoms with Crippen molar-refractivity contribution in [3.63, 3.8) is 0 Å². The highest BCUT2D eigenvalue weighted by Gasteiger charge is 2.81. The third-order valence-electron chi connectivity index (χ3n) is 12.1. The molecule has 12 nitrogen and oxygen atoms in total. The Labute approximate surface area is 265 Å². The van der Waals surface area contributed by atoms with E-state index in [-0.39, 0.29) is 48.1 Å². The van der Waals surface area contributed by atoms with Crippen molar-refractivity contribution in [3.05, 3.63) is 0 Å². The molecule has 8 fully saturated rings. The highest BCUT2D eigenvalue weighted by atomic mass is 35.5. The number of alkyl halides is 2. The highest BCUT2D eigenvalue weighted by molar-refractivity contribution is 6.18. The van der Waals surface area contributed by atoms with Gasteiger partial charge in [-0.25, -0.2) is 9.59 Å². The van der Waals surface area contributed by atoms with Gasteiger partial charge in [-0.05, 0) is 52.4 Å². The number of hydrogen-bond acceptors (Lipinski definition) is 10. The fourth-order valence-electron chi connectivity index (χ4n) is 9.42. The molecule has 0 aromatic carbocycles. The Morgan fingerprint density at radius 1 is 0.727 bits per heavy atom. The number of hydrogen-bond donors (Lipinski definition) is 4. The fraction of sp³-hybridized carbons (Fsp3) is 0.867. The summed E-state index contributed by atoms with van der Waals surface area (Å²) in [6, 6.07) is 0. The summed E-state index contributed by atoms with van der Waals surface area (Å²) in [5.41, 5.74) is -4.76. The number of amides is 2. The Bertz CT molecular complexity index is 1180. The van der Waals surface area contributed by atoms with Gasteiger partial charge in [-0.3, -0.25) is 9.59 Å². The molecule has 0 aromatic heterocycles. The van der Waals surface area contributed by atoms with Crippen LogP contribution in [-0.4, -0.2) is 105 Å². The van der Waals surface area contributed by atoms with Crippen molar-refractivity contribution >= 4 is 47.0 Å². The third-order valence-corrected chi connectivity index (χ3v) is 12.5. The van der Waals surface area contributed by atoms with Gasteiger partial charge in [0, 0.05) is 23.6 Å². The zero-order chi connectivity index (χ0) is 31.4. The van der Waals surface area contributed by atoms with Crippen LogP contribution >= 0.6 is 23.2 Å². The fourth-order valence-corrected chi connectivity index (χ4v) is 9.86. The zero-order valence-corrected chi connectivity index (χ0v) is 26.3. The molecule has 6 heterocycles. The number of esters is 2. The standard InChI is InChI=1S/2C15H20ClNO5/c2*1-14-8(5-6-16)12(19)17-15(14,13(20)22-14)11(18)7-3-2-4-9-10(7)21-9/h2*7-11,18H,2-6H2,1H3,(H,17,19)/t7-,8-,9+,10-,11-,14-,15-;7-,8-,9-,10+,11-,14-,15-/m00/s1. The molecular formula is C30H40Cl2N2O10. The van der Waals surface area contributed by atoms with Crippen LogP contribution < -0.4 is 10.6 Å². The largest absolute Gasteiger partial charge is 0.453 e. The molecule has 6 saturated heterocycles. The summed E-state index contributed by atoms with van der Waals surface area (Å²) in [7, 11) is 0. The topological polar surface area (TPSA) is 176 Å². The molecule has 44 heavy (non-hydrogen) atoms. The summed E-state index contributed by atoms with van der Waals surface area (Å²) < 4.78 is 21.9. The second-order valence-corrected chi connectivity index (χ2v) is 14.8. The molecule has 2 aliphatic carbocycles. The van der Waals surface area contributed by atoms with E-state index in [1.165, 1.54) is 0 Å². The van der Waals surface area contributed by atoms with Gasteiger partial charge in [0.2, 0.25) is 22.9 Å². The summed E-state index contributed by atoms with van der Waals surface area (Å²) in [4.78, 5) is 49.2. The predicted octanol–water partition coefficient (Wildman–Crippen LogP) is 0.688. The average Bonchev–Trinajstić information content (AvgIpc) is 3.91. The molecule has 14 heteroatoms. The van der Waals surface area contributed by atoms with Crippen molar-refractivity contribution in [1.29, 1.82) is 0 Å². The van der Waals surface area contributed by atoms with Crippen LogP contribution in [0.1, 0.15) is 65.2 Å². The number of ether oxygens (including phenoxy) is 4. The van der Waals surface area contributed by atoms with E-state index >= 15 is 0 Å². The summed E-state index contributed by atoms with van der Waals surface area (Å²) in [6.45, 7) is 3.45. The van der Waals surface area contributed by atoms with E-state index in [4.69, 9.17) is 42.1 Å². The number of halogens is 2. The van der Waals surface area contributed by atoms with Crippen LogP contribution in [0.3, 0.4) is 0 Å². The molecule has 0 spiro atoms. The van der Waals surface area contributed by atoms with Crippen LogP contribution in [0.15, 0.2) is 0 Å². The number of carbonyl (C=O) groups is 4. The van der Waals surface area contributed by atoms with E-state index in [2.05, 4.69) is 10.6 Å². The molecule has 0 bridgehead atoms. The Morgan fingerprint density at radius 3 is 1.45 bits per heavy atom. The second-order valence-electron chi connectivity index (χ2n) is 14.0. The van der Waals surface area contributed by atoms with Crippen molar-refractivity contribution in [1.82, 2.24) is 10.6 Å². The highest BCUT2D eigenvalue weighted by Crippen LogP contribution is 2.57. The Hall–Kier alpha value is -1.70. The number of aliphatic hydroxyl groups is 2. The maximum atomic E-state index is 12.3. The molecule has 0 radical (unpaired) electrons. The van der Waals surface area contributed by atoms with Gasteiger partial charge in [0.1, 0.15) is 0 Å². The van der Waals surface area contributed by atoms with Gasteiger partial charge in [-0.2, -0.15) is 0 Å². The van der Waals surface area contributed by atoms with Crippen LogP contribution in [0.4, 0.5) is 0 Å². The molecule has 4 N–H and O–H groups in total. The maximum absolute atomic E-state index is 12.3. The Kier molecular flexibility index (Phi) is 7.31. The van der Waals surface area contributed by atoms with Crippen molar-refractivity contribution in [2.45, 2.75) is 124 Å². The average molecular weight is 660 g/mol. The van der Waals surface area contributed by atoms with Crippen molar-refractivity contribution in [2.75, 3.05) is 11.8 Å². The van der Waals surface area contributed by atoms with Gasteiger partial charge < -0.3 is 39.8 Å². The Balaban J connectivity index is 0.000000142. The van der Waals surface area contributed by atoms with Crippen molar-refractivity contribution < 1.29 is 48.3 Å². The van der Waals surface area contributed by atoms with Gasteiger partial charge in [-0.1, -0.05) is 12.8 Å². The summed E-state index contributed by atoms with van der Waals surface area (Å²) >= 11 is 11.6. The van der Waals surface area contributed by atoms with Gasteiger partial charge in [0.15, 0.2) is 11.2 Å². The van der Waals surface area contributed by atoms with E-state index in [0.29, 0.717) is 24.6 Å². The molecular weight excluding hydrogens is 619 g/mol. The summed E-state index contributed by atoms with van der Waals surface area (Å²) in [6.07, 6.45) is 4.77. The minimum Gasteiger partial charge on any atom is -0.453 e. The van der Waals surface area contributed by atoms with E-state index in [9.17, 15) is 29.4 Å². The summed E-state index contributed by atoms with van der Waals surface area (Å²) in [5, 5.41) is 27.4. The summed E-state index contributed by atoms with van der Waals surface area (Å²) in [5.74, 6) is -2.33. The number of carbonyl (C=O) groups excluding carboxylic acids is 4. The van der Waals surface area contributed by atoms with Crippen LogP contribution in [0, 0.1) is 23.7 Å². The lowest BCUT2D eigenvalue weighted by Gasteiger charge is -2.54. The number of fused-ring (bicyclic) bond motifs is 4. The molecule has 0 aromatic rings. The normalized spacial score (nSPS) is 50.3. The minimum absolute atomic E-state index is 0.000228. The van der Waals surface area contributed by atoms with Gasteiger partial charge >= 0.3 is 11.9 Å². The molecule has 2 amide bonds. The van der Waals surface area contributed by atoms with Crippen LogP contribution in [0.2, 0.25) is 0 Å². The Morgan fingerprint density at radius 2 is 1.11 bits per heavy atom. The van der Waals surface area contributed by atoms with E-state index in [0.717, 1.165) is 38.5 Å². The molecule has 2 saturated carbocycles. The number of epoxide rings is 2. The first-order valence-electron chi connectivity index (χ1n) is 15.8. The lowest BCUT2D eigenvalue weighted by atomic mass is 9.64. The lowest BCUT2D eigenvalue weighted by molar-refractivity contribution is -0.241. The zero-order valence-electron chi connectivity index (χ0n) is 24.8. The maximum Gasteiger partial charge on any atom is 0.339 e. The smallest absolute Gasteiger partial charge is 0.339 e. The van der Waals surface area contributed by atoms with Crippen LogP contribution in [0.25, 0.3) is 0 Å². The third kappa shape index (κ3) is 3.90. The first-order valence-corrected chi connectivity index (χ1v) is 16.9. The van der Waals surface area contributed by atoms with E-state index < -0.39 is 58.3 Å². The molecule has 6 aliphatic heterocycles. The lowest BCUT2D eigenvalue weighted by Crippen LogP contribution is -2.80. The van der Waals surface area contributed by atoms with E-state index in [1.807, 2.05) is 0 Å². The van der Waals surface area contributed by atoms with Gasteiger partial charge in [0.25, 0.3) is 0 Å². The first kappa shape index (κ1) is 30.9. The molecule has 244 valence electrons. The number of aliphatic hydroxyl groups excluding tert-OH is 2. The molecule has 0 unspecified atom stereocenters. The molecule has 8 rings (SSSR count). The predicted molar refractivity (Wildman–Crippen MR) is 152 cm³/mol. The van der Waals surface area contributed by atoms with Crippen LogP contribution in [-0.2, 0) is 38.1 Å². The molecule has 14 atom stereocenters. The quantitative estimate of drug-likeness (QED) is 0.165. The minimum atomic E-state index is -1.35. The van der Waals surface area contributed by atoms with E-state index in [1.54, 1.807) is 13.8 Å². The number of nitrogens with one attached hydrogen (secondary N) is 2. The SMILES string of the molecule is C[C@@]12OC(=O)[C@]1([C@@H](O)[C@H]1CCC[C@@H]3O[C@H]13)NC(=O)[C@@H]2CCCl.C[C@@]12OC(=O)[C@]1([C@@H](O)[C@H]1CCC[C@H]3O[C@@H]13)NC(=O)[C@@H]2CCCl. The van der Waals surface area contributed by atoms with Crippen LogP contribution in [0.5, 0.6) is 0 Å². The monoisotopic (exact) mass is 658 g/mol. The van der Waals surface area contributed by atoms with Crippen molar-refractivity contribution in [3.8, 4) is 0 Å². The van der Waals surface area contributed by atoms with Gasteiger partial charge in [-0.15, -0.1) is 23.2 Å². The van der Waals surface area contributed by atoms with Gasteiger partial charge in [0.05, 0.1) is 48.5 Å².